The minimum atomic E-state index is -4.52. The van der Waals surface area contributed by atoms with Crippen LogP contribution in [0, 0.1) is 5.92 Å². The molecule has 0 saturated carbocycles. The number of hydrogen-bond acceptors (Lipinski definition) is 3. The zero-order chi connectivity index (χ0) is 21.9. The Hall–Kier alpha value is -3.07. The summed E-state index contributed by atoms with van der Waals surface area (Å²) in [5, 5.41) is 8.71. The van der Waals surface area contributed by atoms with E-state index < -0.39 is 17.6 Å². The minimum Gasteiger partial charge on any atom is -0.324 e. The molecule has 1 fully saturated rings. The molecule has 9 heteroatoms. The Bertz CT molecular complexity index is 916. The Morgan fingerprint density at radius 3 is 2.47 bits per heavy atom. The third-order valence-corrected chi connectivity index (χ3v) is 5.07. The zero-order valence-corrected chi connectivity index (χ0v) is 16.3. The molecule has 1 aliphatic heterocycles. The highest BCUT2D eigenvalue weighted by Gasteiger charge is 2.33. The number of halogens is 3. The molecule has 0 spiro atoms. The number of hydroxylamine groups is 1. The molecule has 0 aromatic heterocycles. The van der Waals surface area contributed by atoms with Crippen molar-refractivity contribution in [1.29, 1.82) is 0 Å². The molecule has 3 rings (SSSR count). The average molecular weight is 421 g/mol. The van der Waals surface area contributed by atoms with E-state index in [9.17, 15) is 22.8 Å². The van der Waals surface area contributed by atoms with Crippen LogP contribution in [0.3, 0.4) is 0 Å². The van der Waals surface area contributed by atoms with Crippen molar-refractivity contribution >= 4 is 17.6 Å². The molecule has 1 aliphatic rings. The van der Waals surface area contributed by atoms with Crippen LogP contribution in [-0.4, -0.2) is 35.1 Å². The number of nitrogens with one attached hydrogen (secondary N) is 1. The van der Waals surface area contributed by atoms with Gasteiger partial charge in [-0.05, 0) is 48.2 Å². The predicted molar refractivity (Wildman–Crippen MR) is 104 cm³/mol. The smallest absolute Gasteiger partial charge is 0.324 e. The summed E-state index contributed by atoms with van der Waals surface area (Å²) < 4.78 is 39.6. The second kappa shape index (κ2) is 8.74. The van der Waals surface area contributed by atoms with Crippen LogP contribution in [0.1, 0.15) is 34.8 Å². The van der Waals surface area contributed by atoms with E-state index >= 15 is 0 Å². The minimum absolute atomic E-state index is 0.0338. The van der Waals surface area contributed by atoms with Crippen molar-refractivity contribution in [3.05, 3.63) is 65.2 Å². The number of carbonyl (C=O) groups excluding carboxylic acids is 2. The van der Waals surface area contributed by atoms with Crippen LogP contribution in [-0.2, 0) is 12.7 Å². The molecule has 160 valence electrons. The van der Waals surface area contributed by atoms with Gasteiger partial charge in [0.1, 0.15) is 0 Å². The van der Waals surface area contributed by atoms with Crippen molar-refractivity contribution in [3.63, 3.8) is 0 Å². The van der Waals surface area contributed by atoms with Gasteiger partial charge in [-0.2, -0.15) is 13.2 Å². The van der Waals surface area contributed by atoms with Crippen LogP contribution in [0.4, 0.5) is 23.7 Å². The molecule has 2 N–H and O–H groups in total. The number of anilines is 1. The van der Waals surface area contributed by atoms with Crippen LogP contribution in [0.2, 0.25) is 0 Å². The maximum absolute atomic E-state index is 13.2. The number of urea groups is 1. The average Bonchev–Trinajstić information content (AvgIpc) is 3.17. The summed E-state index contributed by atoms with van der Waals surface area (Å²) in [6, 6.07) is 10.4. The Morgan fingerprint density at radius 1 is 1.20 bits per heavy atom. The summed E-state index contributed by atoms with van der Waals surface area (Å²) in [5.74, 6) is -0.355. The number of nitrogens with zero attached hydrogens (tertiary/aromatic N) is 2. The monoisotopic (exact) mass is 421 g/mol. The van der Waals surface area contributed by atoms with Crippen LogP contribution in [0.15, 0.2) is 48.5 Å². The van der Waals surface area contributed by atoms with E-state index in [0.29, 0.717) is 24.6 Å². The van der Waals surface area contributed by atoms with Crippen molar-refractivity contribution in [3.8, 4) is 0 Å². The highest BCUT2D eigenvalue weighted by molar-refractivity contribution is 5.94. The Labute approximate surface area is 171 Å². The van der Waals surface area contributed by atoms with Gasteiger partial charge in [-0.1, -0.05) is 25.1 Å². The van der Waals surface area contributed by atoms with Gasteiger partial charge in [0.25, 0.3) is 5.91 Å². The normalized spacial score (nSPS) is 16.4. The van der Waals surface area contributed by atoms with E-state index in [0.717, 1.165) is 18.6 Å². The van der Waals surface area contributed by atoms with Gasteiger partial charge in [0.05, 0.1) is 12.1 Å². The molecule has 0 bridgehead atoms. The fourth-order valence-electron chi connectivity index (χ4n) is 3.41. The number of amides is 3. The lowest BCUT2D eigenvalue weighted by molar-refractivity contribution is -0.137. The maximum Gasteiger partial charge on any atom is 0.416 e. The van der Waals surface area contributed by atoms with Gasteiger partial charge in [0, 0.05) is 24.3 Å². The fraction of sp³-hybridized carbons (Fsp3) is 0.333. The molecule has 0 radical (unpaired) electrons. The van der Waals surface area contributed by atoms with Crippen molar-refractivity contribution in [2.75, 3.05) is 18.0 Å². The first-order valence-corrected chi connectivity index (χ1v) is 9.46. The SMILES string of the molecule is C[C@H]1CCN(C(=O)N(Cc2ccc(C(=O)NO)cc2)c2cccc(C(F)(F)F)c2)C1. The fourth-order valence-corrected chi connectivity index (χ4v) is 3.41. The number of hydrogen-bond donors (Lipinski definition) is 2. The molecule has 6 nitrogen and oxygen atoms in total. The van der Waals surface area contributed by atoms with Crippen LogP contribution in [0.5, 0.6) is 0 Å². The third kappa shape index (κ3) is 4.91. The number of rotatable bonds is 4. The highest BCUT2D eigenvalue weighted by atomic mass is 19.4. The van der Waals surface area contributed by atoms with Gasteiger partial charge >= 0.3 is 12.2 Å². The largest absolute Gasteiger partial charge is 0.416 e. The lowest BCUT2D eigenvalue weighted by Gasteiger charge is -2.29. The molecule has 0 aliphatic carbocycles. The lowest BCUT2D eigenvalue weighted by atomic mass is 10.1. The summed E-state index contributed by atoms with van der Waals surface area (Å²) in [5.41, 5.74) is 1.69. The first kappa shape index (κ1) is 21.6. The Balaban J connectivity index is 1.92. The van der Waals surface area contributed by atoms with Gasteiger partial charge in [-0.15, -0.1) is 0 Å². The van der Waals surface area contributed by atoms with Crippen LogP contribution < -0.4 is 10.4 Å². The second-order valence-electron chi connectivity index (χ2n) is 7.39. The maximum atomic E-state index is 13.2. The number of carbonyl (C=O) groups is 2. The quantitative estimate of drug-likeness (QED) is 0.571. The summed E-state index contributed by atoms with van der Waals surface area (Å²) in [7, 11) is 0. The summed E-state index contributed by atoms with van der Waals surface area (Å²) in [6.07, 6.45) is -3.68. The molecule has 30 heavy (non-hydrogen) atoms. The lowest BCUT2D eigenvalue weighted by Crippen LogP contribution is -2.42. The molecule has 1 atom stereocenters. The standard InChI is InChI=1S/C21H22F3N3O3/c1-14-9-10-26(12-14)20(29)27(18-4-2-3-17(11-18)21(22,23)24)13-15-5-7-16(8-6-15)19(28)25-30/h2-8,11,14,30H,9-10,12-13H2,1H3,(H,25,28)/t14-/m0/s1. The summed E-state index contributed by atoms with van der Waals surface area (Å²) in [4.78, 5) is 27.6. The molecule has 3 amide bonds. The molecule has 2 aromatic carbocycles. The van der Waals surface area contributed by atoms with E-state index in [2.05, 4.69) is 0 Å². The van der Waals surface area contributed by atoms with Gasteiger partial charge < -0.3 is 4.90 Å². The topological polar surface area (TPSA) is 72.9 Å². The van der Waals surface area contributed by atoms with Gasteiger partial charge in [0.2, 0.25) is 0 Å². The molecular formula is C21H22F3N3O3. The van der Waals surface area contributed by atoms with Crippen molar-refractivity contribution in [2.24, 2.45) is 5.92 Å². The van der Waals surface area contributed by atoms with Gasteiger partial charge in [-0.3, -0.25) is 14.9 Å². The third-order valence-electron chi connectivity index (χ3n) is 5.07. The molecule has 1 heterocycles. The highest BCUT2D eigenvalue weighted by Crippen LogP contribution is 2.32. The molecule has 0 unspecified atom stereocenters. The van der Waals surface area contributed by atoms with Crippen LogP contribution >= 0.6 is 0 Å². The number of alkyl halides is 3. The summed E-state index contributed by atoms with van der Waals surface area (Å²) >= 11 is 0. The second-order valence-corrected chi connectivity index (χ2v) is 7.39. The first-order valence-electron chi connectivity index (χ1n) is 9.46. The molecule has 1 saturated heterocycles. The zero-order valence-electron chi connectivity index (χ0n) is 16.3. The van der Waals surface area contributed by atoms with E-state index in [1.165, 1.54) is 34.6 Å². The van der Waals surface area contributed by atoms with E-state index in [4.69, 9.17) is 5.21 Å². The number of benzene rings is 2. The first-order chi connectivity index (χ1) is 14.2. The van der Waals surface area contributed by atoms with Gasteiger partial charge in [0.15, 0.2) is 0 Å². The molecule has 2 aromatic rings. The number of likely N-dealkylation sites (tertiary alicyclic amines) is 1. The van der Waals surface area contributed by atoms with E-state index in [1.807, 2.05) is 6.92 Å². The van der Waals surface area contributed by atoms with Crippen molar-refractivity contribution in [2.45, 2.75) is 26.1 Å². The van der Waals surface area contributed by atoms with E-state index in [-0.39, 0.29) is 23.8 Å². The van der Waals surface area contributed by atoms with Crippen LogP contribution in [0.25, 0.3) is 0 Å². The Morgan fingerprint density at radius 2 is 1.90 bits per heavy atom. The van der Waals surface area contributed by atoms with Crippen molar-refractivity contribution < 1.29 is 28.0 Å². The van der Waals surface area contributed by atoms with Crippen molar-refractivity contribution in [1.82, 2.24) is 10.4 Å². The van der Waals surface area contributed by atoms with Gasteiger partial charge in [-0.25, -0.2) is 10.3 Å². The Kier molecular flexibility index (Phi) is 6.31. The summed E-state index contributed by atoms with van der Waals surface area (Å²) in [6.45, 7) is 3.15. The van der Waals surface area contributed by atoms with E-state index in [1.54, 1.807) is 17.0 Å². The predicted octanol–water partition coefficient (Wildman–Crippen LogP) is 4.29. The molecular weight excluding hydrogens is 399 g/mol.